The second-order valence-corrected chi connectivity index (χ2v) is 8.27. The number of amides is 2. The zero-order chi connectivity index (χ0) is 18.4. The summed E-state index contributed by atoms with van der Waals surface area (Å²) in [4.78, 5) is 26.7. The molecular formula is C18H27N3O3S. The maximum absolute atomic E-state index is 12.6. The Morgan fingerprint density at radius 1 is 1.32 bits per heavy atom. The Labute approximate surface area is 153 Å². The highest BCUT2D eigenvalue weighted by molar-refractivity contribution is 7.99. The molecule has 1 aliphatic rings. The number of carbonyl (C=O) groups excluding carboxylic acids is 2. The number of nitrogens with two attached hydrogens (primary N) is 1. The van der Waals surface area contributed by atoms with Crippen LogP contribution in [-0.2, 0) is 9.59 Å². The maximum Gasteiger partial charge on any atom is 0.248 e. The lowest BCUT2D eigenvalue weighted by Crippen LogP contribution is -2.45. The summed E-state index contributed by atoms with van der Waals surface area (Å²) in [6.07, 6.45) is 0.435. The molecule has 1 aliphatic heterocycles. The molecule has 2 rings (SSSR count). The van der Waals surface area contributed by atoms with E-state index >= 15 is 0 Å². The second kappa shape index (κ2) is 8.58. The Hall–Kier alpha value is -1.73. The smallest absolute Gasteiger partial charge is 0.248 e. The van der Waals surface area contributed by atoms with E-state index in [0.29, 0.717) is 42.6 Å². The van der Waals surface area contributed by atoms with Crippen LogP contribution in [-0.4, -0.2) is 47.5 Å². The number of rotatable bonds is 6. The monoisotopic (exact) mass is 365 g/mol. The molecule has 138 valence electrons. The van der Waals surface area contributed by atoms with Crippen LogP contribution in [0.1, 0.15) is 27.2 Å². The van der Waals surface area contributed by atoms with Gasteiger partial charge in [0.05, 0.1) is 5.88 Å². The number of ether oxygens (including phenoxy) is 1. The minimum Gasteiger partial charge on any atom is -0.492 e. The first-order chi connectivity index (χ1) is 11.8. The van der Waals surface area contributed by atoms with Crippen LogP contribution in [0, 0.1) is 5.41 Å². The summed E-state index contributed by atoms with van der Waals surface area (Å²) < 4.78 is 5.42. The van der Waals surface area contributed by atoms with Crippen molar-refractivity contribution in [3.63, 3.8) is 0 Å². The van der Waals surface area contributed by atoms with Crippen LogP contribution in [0.4, 0.5) is 5.69 Å². The topological polar surface area (TPSA) is 84.7 Å². The van der Waals surface area contributed by atoms with E-state index in [9.17, 15) is 9.59 Å². The van der Waals surface area contributed by atoms with Crippen molar-refractivity contribution in [1.29, 1.82) is 0 Å². The van der Waals surface area contributed by atoms with E-state index in [2.05, 4.69) is 5.32 Å². The molecule has 3 N–H and O–H groups in total. The molecule has 6 nitrogen and oxygen atoms in total. The van der Waals surface area contributed by atoms with Gasteiger partial charge in [-0.3, -0.25) is 9.59 Å². The maximum atomic E-state index is 12.6. The molecular weight excluding hydrogens is 338 g/mol. The van der Waals surface area contributed by atoms with Gasteiger partial charge in [0.15, 0.2) is 0 Å². The van der Waals surface area contributed by atoms with Crippen LogP contribution in [0.15, 0.2) is 24.3 Å². The third kappa shape index (κ3) is 5.93. The Morgan fingerprint density at radius 3 is 2.60 bits per heavy atom. The summed E-state index contributed by atoms with van der Waals surface area (Å²) in [6.45, 7) is 6.98. The molecule has 0 spiro atoms. The fraction of sp³-hybridized carbons (Fsp3) is 0.556. The van der Waals surface area contributed by atoms with Crippen LogP contribution < -0.4 is 15.8 Å². The fourth-order valence-corrected chi connectivity index (χ4v) is 3.68. The molecule has 1 fully saturated rings. The molecule has 0 aromatic heterocycles. The van der Waals surface area contributed by atoms with Crippen molar-refractivity contribution in [3.8, 4) is 5.75 Å². The molecule has 1 atom stereocenters. The summed E-state index contributed by atoms with van der Waals surface area (Å²) in [5.41, 5.74) is 5.99. The Bertz CT molecular complexity index is 599. The molecule has 2 amide bonds. The van der Waals surface area contributed by atoms with E-state index in [1.807, 2.05) is 20.8 Å². The number of hydrogen-bond donors (Lipinski definition) is 2. The highest BCUT2D eigenvalue weighted by Gasteiger charge is 2.35. The standard InChI is InChI=1S/C18H27N3O3S/c1-18(2,3)10-16(22)21-12-25-11-15(21)17(23)20-13-4-6-14(7-5-13)24-9-8-19/h4-7,15H,8-12,19H2,1-3H3,(H,20,23). The zero-order valence-electron chi connectivity index (χ0n) is 15.1. The molecule has 1 saturated heterocycles. The predicted molar refractivity (Wildman–Crippen MR) is 102 cm³/mol. The Kier molecular flexibility index (Phi) is 6.72. The molecule has 0 bridgehead atoms. The van der Waals surface area contributed by atoms with Gasteiger partial charge in [0.1, 0.15) is 18.4 Å². The van der Waals surface area contributed by atoms with Gasteiger partial charge in [-0.1, -0.05) is 20.8 Å². The molecule has 1 aromatic rings. The number of nitrogens with zero attached hydrogens (tertiary/aromatic N) is 1. The van der Waals surface area contributed by atoms with Crippen LogP contribution in [0.5, 0.6) is 5.75 Å². The average molecular weight is 365 g/mol. The number of hydrogen-bond acceptors (Lipinski definition) is 5. The summed E-state index contributed by atoms with van der Waals surface area (Å²) in [7, 11) is 0. The van der Waals surface area contributed by atoms with E-state index in [1.165, 1.54) is 0 Å². The molecule has 1 unspecified atom stereocenters. The van der Waals surface area contributed by atoms with Crippen molar-refractivity contribution in [2.75, 3.05) is 30.1 Å². The van der Waals surface area contributed by atoms with Crippen LogP contribution in [0.3, 0.4) is 0 Å². The fourth-order valence-electron chi connectivity index (χ4n) is 2.50. The lowest BCUT2D eigenvalue weighted by atomic mass is 9.91. The summed E-state index contributed by atoms with van der Waals surface area (Å²) >= 11 is 1.61. The molecule has 1 aromatic carbocycles. The van der Waals surface area contributed by atoms with Crippen molar-refractivity contribution >= 4 is 29.3 Å². The lowest BCUT2D eigenvalue weighted by Gasteiger charge is -2.26. The zero-order valence-corrected chi connectivity index (χ0v) is 15.9. The van der Waals surface area contributed by atoms with Crippen molar-refractivity contribution in [2.45, 2.75) is 33.2 Å². The molecule has 25 heavy (non-hydrogen) atoms. The van der Waals surface area contributed by atoms with Crippen molar-refractivity contribution in [1.82, 2.24) is 4.90 Å². The van der Waals surface area contributed by atoms with Gasteiger partial charge in [0.25, 0.3) is 0 Å². The number of thioether (sulfide) groups is 1. The van der Waals surface area contributed by atoms with Crippen LogP contribution >= 0.6 is 11.8 Å². The van der Waals surface area contributed by atoms with Gasteiger partial charge < -0.3 is 20.7 Å². The first-order valence-corrected chi connectivity index (χ1v) is 9.56. The second-order valence-electron chi connectivity index (χ2n) is 7.27. The summed E-state index contributed by atoms with van der Waals surface area (Å²) in [5, 5.41) is 2.89. The average Bonchev–Trinajstić information content (AvgIpc) is 3.02. The van der Waals surface area contributed by atoms with Gasteiger partial charge in [-0.15, -0.1) is 11.8 Å². The molecule has 0 saturated carbocycles. The predicted octanol–water partition coefficient (Wildman–Crippen LogP) is 2.30. The molecule has 1 heterocycles. The molecule has 7 heteroatoms. The van der Waals surface area contributed by atoms with Gasteiger partial charge in [-0.05, 0) is 29.7 Å². The van der Waals surface area contributed by atoms with E-state index < -0.39 is 6.04 Å². The minimum absolute atomic E-state index is 0.0307. The lowest BCUT2D eigenvalue weighted by molar-refractivity contribution is -0.137. The van der Waals surface area contributed by atoms with Crippen molar-refractivity contribution in [2.24, 2.45) is 11.1 Å². The third-order valence-corrected chi connectivity index (χ3v) is 4.71. The summed E-state index contributed by atoms with van der Waals surface area (Å²) in [5.74, 6) is 1.78. The largest absolute Gasteiger partial charge is 0.492 e. The number of benzene rings is 1. The number of carbonyl (C=O) groups is 2. The van der Waals surface area contributed by atoms with Gasteiger partial charge in [-0.25, -0.2) is 0 Å². The highest BCUT2D eigenvalue weighted by Crippen LogP contribution is 2.27. The first kappa shape index (κ1) is 19.6. The SMILES string of the molecule is CC(C)(C)CC(=O)N1CSCC1C(=O)Nc1ccc(OCCN)cc1. The van der Waals surface area contributed by atoms with E-state index in [0.717, 1.165) is 0 Å². The van der Waals surface area contributed by atoms with Gasteiger partial charge in [0.2, 0.25) is 11.8 Å². The molecule has 0 aliphatic carbocycles. The van der Waals surface area contributed by atoms with Crippen LogP contribution in [0.25, 0.3) is 0 Å². The Balaban J connectivity index is 1.96. The van der Waals surface area contributed by atoms with Gasteiger partial charge in [0, 0.05) is 24.4 Å². The van der Waals surface area contributed by atoms with E-state index in [4.69, 9.17) is 10.5 Å². The first-order valence-electron chi connectivity index (χ1n) is 8.41. The van der Waals surface area contributed by atoms with E-state index in [1.54, 1.807) is 40.9 Å². The van der Waals surface area contributed by atoms with Crippen molar-refractivity contribution < 1.29 is 14.3 Å². The quantitative estimate of drug-likeness (QED) is 0.808. The van der Waals surface area contributed by atoms with Crippen molar-refractivity contribution in [3.05, 3.63) is 24.3 Å². The van der Waals surface area contributed by atoms with E-state index in [-0.39, 0.29) is 17.2 Å². The minimum atomic E-state index is -0.423. The Morgan fingerprint density at radius 2 is 2.00 bits per heavy atom. The summed E-state index contributed by atoms with van der Waals surface area (Å²) in [6, 6.07) is 6.72. The van der Waals surface area contributed by atoms with Crippen LogP contribution in [0.2, 0.25) is 0 Å². The number of anilines is 1. The normalized spacial score (nSPS) is 17.4. The third-order valence-electron chi connectivity index (χ3n) is 3.70. The van der Waals surface area contributed by atoms with Gasteiger partial charge >= 0.3 is 0 Å². The highest BCUT2D eigenvalue weighted by atomic mass is 32.2. The number of nitrogens with one attached hydrogen (secondary N) is 1. The molecule has 0 radical (unpaired) electrons. The van der Waals surface area contributed by atoms with Gasteiger partial charge in [-0.2, -0.15) is 0 Å².